The van der Waals surface area contributed by atoms with E-state index in [9.17, 15) is 5.26 Å². The highest BCUT2D eigenvalue weighted by molar-refractivity contribution is 6.16. The molecular formula is C19H20N6. The minimum absolute atomic E-state index is 0.318. The lowest BCUT2D eigenvalue weighted by Gasteiger charge is -2.24. The van der Waals surface area contributed by atoms with Gasteiger partial charge in [0, 0.05) is 24.9 Å². The van der Waals surface area contributed by atoms with Gasteiger partial charge in [-0.25, -0.2) is 14.7 Å². The second kappa shape index (κ2) is 7.14. The van der Waals surface area contributed by atoms with Crippen molar-refractivity contribution in [2.75, 3.05) is 13.1 Å². The second-order valence-electron chi connectivity index (χ2n) is 5.64. The molecule has 1 aromatic heterocycles. The Balaban J connectivity index is 2.26. The van der Waals surface area contributed by atoms with Gasteiger partial charge in [0.1, 0.15) is 11.9 Å². The fraction of sp³-hybridized carbons (Fsp3) is 0.263. The second-order valence-corrected chi connectivity index (χ2v) is 5.64. The van der Waals surface area contributed by atoms with Crippen molar-refractivity contribution in [3.8, 4) is 11.8 Å². The monoisotopic (exact) mass is 332 g/mol. The normalized spacial score (nSPS) is 17.8. The van der Waals surface area contributed by atoms with Crippen molar-refractivity contribution < 1.29 is 0 Å². The lowest BCUT2D eigenvalue weighted by molar-refractivity contribution is 0.465. The van der Waals surface area contributed by atoms with E-state index in [4.69, 9.17) is 4.99 Å². The first-order chi connectivity index (χ1) is 12.2. The summed E-state index contributed by atoms with van der Waals surface area (Å²) in [4.78, 5) is 11.4. The van der Waals surface area contributed by atoms with E-state index in [0.717, 1.165) is 30.2 Å². The number of aromatic nitrogens is 2. The molecule has 0 N–H and O–H groups in total. The number of hydrogen-bond acceptors (Lipinski definition) is 5. The third kappa shape index (κ3) is 3.09. The number of nitrogens with zero attached hydrogens (tertiary/aromatic N) is 6. The van der Waals surface area contributed by atoms with Crippen LogP contribution in [0.1, 0.15) is 26.3 Å². The number of benzene rings is 1. The Hall–Kier alpha value is -3.20. The van der Waals surface area contributed by atoms with Gasteiger partial charge >= 0.3 is 0 Å². The van der Waals surface area contributed by atoms with E-state index in [-0.39, 0.29) is 0 Å². The van der Waals surface area contributed by atoms with Gasteiger partial charge in [-0.3, -0.25) is 0 Å². The number of fused-ring (bicyclic) bond motifs is 1. The summed E-state index contributed by atoms with van der Waals surface area (Å²) in [7, 11) is 0. The first-order valence-corrected chi connectivity index (χ1v) is 8.32. The molecule has 0 radical (unpaired) electrons. The molecule has 6 heteroatoms. The summed E-state index contributed by atoms with van der Waals surface area (Å²) < 4.78 is 1.75. The fourth-order valence-corrected chi connectivity index (χ4v) is 2.78. The van der Waals surface area contributed by atoms with Crippen molar-refractivity contribution in [1.82, 2.24) is 14.7 Å². The lowest BCUT2D eigenvalue weighted by Crippen LogP contribution is -2.31. The number of para-hydroxylation sites is 1. The standard InChI is InChI=1S/C19H20N6/c1-4-24(5-2)18-14(3)12-21-17(11-20)16-13-22-25(19(16)23-18)15-9-7-6-8-10-15/h6-10,12-13H,4-5H2,1-3H3/b14-12-,17-16?,18-14?,21-12?,21-17?,23-18+,23-19?. The molecule has 1 aliphatic heterocycles. The molecule has 1 aromatic carbocycles. The molecule has 126 valence electrons. The van der Waals surface area contributed by atoms with Crippen LogP contribution < -0.4 is 0 Å². The van der Waals surface area contributed by atoms with Crippen LogP contribution in [0.25, 0.3) is 5.69 Å². The number of likely N-dealkylation sites (N-methyl/N-ethyl adjacent to an activating group) is 1. The van der Waals surface area contributed by atoms with Gasteiger partial charge in [-0.1, -0.05) is 18.2 Å². The smallest absolute Gasteiger partial charge is 0.168 e. The van der Waals surface area contributed by atoms with Gasteiger partial charge in [-0.15, -0.1) is 0 Å². The van der Waals surface area contributed by atoms with Crippen molar-refractivity contribution >= 4 is 17.4 Å². The van der Waals surface area contributed by atoms with Gasteiger partial charge in [0.25, 0.3) is 0 Å². The maximum atomic E-state index is 9.48. The first kappa shape index (κ1) is 16.7. The molecule has 0 aliphatic carbocycles. The Morgan fingerprint density at radius 2 is 1.88 bits per heavy atom. The third-order valence-electron chi connectivity index (χ3n) is 4.12. The summed E-state index contributed by atoms with van der Waals surface area (Å²) in [5.41, 5.74) is 2.77. The molecule has 2 aromatic rings. The van der Waals surface area contributed by atoms with E-state index in [1.54, 1.807) is 17.1 Å². The first-order valence-electron chi connectivity index (χ1n) is 8.32. The van der Waals surface area contributed by atoms with Crippen molar-refractivity contribution in [3.05, 3.63) is 53.9 Å². The topological polar surface area (TPSA) is 69.6 Å². The molecule has 0 fully saturated rings. The zero-order chi connectivity index (χ0) is 17.8. The van der Waals surface area contributed by atoms with Gasteiger partial charge in [0.05, 0.1) is 17.4 Å². The number of aliphatic imine (C=N–C) groups is 2. The third-order valence-corrected chi connectivity index (χ3v) is 4.12. The molecule has 0 saturated heterocycles. The highest BCUT2D eigenvalue weighted by atomic mass is 15.3. The average Bonchev–Trinajstić information content (AvgIpc) is 3.05. The van der Waals surface area contributed by atoms with Crippen molar-refractivity contribution in [1.29, 1.82) is 5.26 Å². The molecule has 2 heterocycles. The molecule has 1 aliphatic rings. The van der Waals surface area contributed by atoms with E-state index in [0.29, 0.717) is 17.1 Å². The largest absolute Gasteiger partial charge is 0.357 e. The molecule has 3 rings (SSSR count). The van der Waals surface area contributed by atoms with Crippen LogP contribution in [0.3, 0.4) is 0 Å². The van der Waals surface area contributed by atoms with Gasteiger partial charge < -0.3 is 4.90 Å². The summed E-state index contributed by atoms with van der Waals surface area (Å²) in [5.74, 6) is 1.48. The van der Waals surface area contributed by atoms with Crippen LogP contribution in [-0.2, 0) is 0 Å². The summed E-state index contributed by atoms with van der Waals surface area (Å²) >= 11 is 0. The Labute approximate surface area is 147 Å². The highest BCUT2D eigenvalue weighted by Gasteiger charge is 2.21. The van der Waals surface area contributed by atoms with Crippen molar-refractivity contribution in [2.24, 2.45) is 9.98 Å². The van der Waals surface area contributed by atoms with Gasteiger partial charge in [0.2, 0.25) is 0 Å². The SMILES string of the molecule is CCN(CC)C1=N/c2c(cnn2-c2ccccc2)C(C#N)=N/C=C\1C. The van der Waals surface area contributed by atoms with E-state index in [2.05, 4.69) is 34.9 Å². The molecule has 6 nitrogen and oxygen atoms in total. The summed E-state index contributed by atoms with van der Waals surface area (Å²) in [6.45, 7) is 7.83. The van der Waals surface area contributed by atoms with E-state index >= 15 is 0 Å². The van der Waals surface area contributed by atoms with E-state index in [1.807, 2.05) is 37.3 Å². The predicted octanol–water partition coefficient (Wildman–Crippen LogP) is 3.47. The van der Waals surface area contributed by atoms with Gasteiger partial charge in [0.15, 0.2) is 11.5 Å². The fourth-order valence-electron chi connectivity index (χ4n) is 2.78. The van der Waals surface area contributed by atoms with E-state index in [1.165, 1.54) is 0 Å². The lowest BCUT2D eigenvalue weighted by atomic mass is 10.2. The molecule has 0 saturated carbocycles. The molecule has 0 atom stereocenters. The number of nitriles is 1. The maximum Gasteiger partial charge on any atom is 0.168 e. The van der Waals surface area contributed by atoms with Crippen LogP contribution in [0.15, 0.2) is 58.3 Å². The summed E-state index contributed by atoms with van der Waals surface area (Å²) in [5, 5.41) is 13.9. The average molecular weight is 332 g/mol. The number of amidine groups is 1. The molecule has 0 bridgehead atoms. The van der Waals surface area contributed by atoms with E-state index < -0.39 is 0 Å². The molecule has 25 heavy (non-hydrogen) atoms. The Morgan fingerprint density at radius 1 is 1.16 bits per heavy atom. The van der Waals surface area contributed by atoms with Crippen LogP contribution in [0.4, 0.5) is 5.82 Å². The van der Waals surface area contributed by atoms with Crippen LogP contribution in [0.2, 0.25) is 0 Å². The Kier molecular flexibility index (Phi) is 4.75. The number of rotatable bonds is 3. The summed E-state index contributed by atoms with van der Waals surface area (Å²) in [6, 6.07) is 11.9. The molecule has 0 amide bonds. The van der Waals surface area contributed by atoms with Crippen LogP contribution in [0.5, 0.6) is 0 Å². The predicted molar refractivity (Wildman–Crippen MR) is 99.5 cm³/mol. The van der Waals surface area contributed by atoms with Crippen molar-refractivity contribution in [3.63, 3.8) is 0 Å². The van der Waals surface area contributed by atoms with Gasteiger partial charge in [-0.2, -0.15) is 10.4 Å². The zero-order valence-corrected chi connectivity index (χ0v) is 14.6. The molecule has 0 spiro atoms. The Bertz CT molecular complexity index is 892. The quantitative estimate of drug-likeness (QED) is 0.864. The van der Waals surface area contributed by atoms with Crippen LogP contribution >= 0.6 is 0 Å². The highest BCUT2D eigenvalue weighted by Crippen LogP contribution is 2.27. The van der Waals surface area contributed by atoms with Gasteiger partial charge in [-0.05, 0) is 32.9 Å². The summed E-state index contributed by atoms with van der Waals surface area (Å²) in [6.07, 6.45) is 3.36. The Morgan fingerprint density at radius 3 is 2.52 bits per heavy atom. The number of hydrogen-bond donors (Lipinski definition) is 0. The zero-order valence-electron chi connectivity index (χ0n) is 14.6. The maximum absolute atomic E-state index is 9.48. The van der Waals surface area contributed by atoms with Crippen LogP contribution in [0, 0.1) is 11.3 Å². The minimum atomic E-state index is 0.318. The van der Waals surface area contributed by atoms with Crippen LogP contribution in [-0.4, -0.2) is 39.3 Å². The van der Waals surface area contributed by atoms with Crippen molar-refractivity contribution in [2.45, 2.75) is 20.8 Å². The minimum Gasteiger partial charge on any atom is -0.357 e. The molecular weight excluding hydrogens is 312 g/mol. The molecule has 0 unspecified atom stereocenters.